The Bertz CT molecular complexity index is 599. The first-order valence-electron chi connectivity index (χ1n) is 6.68. The van der Waals surface area contributed by atoms with Crippen LogP contribution in [0.25, 0.3) is 11.3 Å². The Morgan fingerprint density at radius 1 is 1.37 bits per heavy atom. The average molecular weight is 256 g/mol. The van der Waals surface area contributed by atoms with Gasteiger partial charge in [0.25, 0.3) is 0 Å². The van der Waals surface area contributed by atoms with Gasteiger partial charge in [-0.05, 0) is 38.8 Å². The molecule has 1 aromatic carbocycles. The third-order valence-electron chi connectivity index (χ3n) is 3.58. The molecule has 3 nitrogen and oxygen atoms in total. The van der Waals surface area contributed by atoms with E-state index in [4.69, 9.17) is 0 Å². The van der Waals surface area contributed by atoms with Crippen molar-refractivity contribution in [3.8, 4) is 11.3 Å². The van der Waals surface area contributed by atoms with Gasteiger partial charge in [0.15, 0.2) is 6.29 Å². The molecule has 1 aromatic heterocycles. The Morgan fingerprint density at radius 2 is 2.11 bits per heavy atom. The molecule has 3 heteroatoms. The van der Waals surface area contributed by atoms with E-state index in [1.807, 2.05) is 17.8 Å². The Hall–Kier alpha value is -1.90. The quantitative estimate of drug-likeness (QED) is 0.776. The normalized spacial score (nSPS) is 12.4. The van der Waals surface area contributed by atoms with Crippen LogP contribution in [0.15, 0.2) is 24.4 Å². The van der Waals surface area contributed by atoms with Gasteiger partial charge in [0.2, 0.25) is 0 Å². The van der Waals surface area contributed by atoms with Gasteiger partial charge in [0.1, 0.15) is 5.69 Å². The molecule has 1 heterocycles. The first-order chi connectivity index (χ1) is 9.06. The van der Waals surface area contributed by atoms with Crippen LogP contribution in [0.4, 0.5) is 0 Å². The number of rotatable bonds is 4. The molecule has 1 atom stereocenters. The predicted molar refractivity (Wildman–Crippen MR) is 77.5 cm³/mol. The molecule has 0 N–H and O–H groups in total. The summed E-state index contributed by atoms with van der Waals surface area (Å²) < 4.78 is 1.89. The highest BCUT2D eigenvalue weighted by Crippen LogP contribution is 2.27. The van der Waals surface area contributed by atoms with Crippen molar-refractivity contribution < 1.29 is 4.79 Å². The molecule has 0 aliphatic heterocycles. The van der Waals surface area contributed by atoms with Gasteiger partial charge in [-0.3, -0.25) is 9.48 Å². The molecule has 0 aliphatic rings. The molecule has 0 fully saturated rings. The summed E-state index contributed by atoms with van der Waals surface area (Å²) >= 11 is 0. The number of aldehydes is 1. The van der Waals surface area contributed by atoms with Crippen molar-refractivity contribution in [1.29, 1.82) is 0 Å². The third kappa shape index (κ3) is 2.60. The second kappa shape index (κ2) is 5.39. The monoisotopic (exact) mass is 256 g/mol. The molecular formula is C16H20N2O. The Labute approximate surface area is 114 Å². The highest BCUT2D eigenvalue weighted by atomic mass is 16.1. The van der Waals surface area contributed by atoms with Crippen LogP contribution in [0.1, 0.15) is 47.8 Å². The number of hydrogen-bond acceptors (Lipinski definition) is 2. The molecule has 0 bridgehead atoms. The first-order valence-corrected chi connectivity index (χ1v) is 6.68. The molecule has 0 aliphatic carbocycles. The summed E-state index contributed by atoms with van der Waals surface area (Å²) in [5, 5.41) is 4.61. The summed E-state index contributed by atoms with van der Waals surface area (Å²) in [4.78, 5) is 11.3. The van der Waals surface area contributed by atoms with Crippen LogP contribution in [0.2, 0.25) is 0 Å². The smallest absolute Gasteiger partial charge is 0.153 e. The zero-order valence-corrected chi connectivity index (χ0v) is 12.0. The molecule has 0 amide bonds. The number of benzene rings is 1. The predicted octanol–water partition coefficient (Wildman–Crippen LogP) is 3.95. The molecule has 1 unspecified atom stereocenters. The van der Waals surface area contributed by atoms with Crippen LogP contribution in [0.3, 0.4) is 0 Å². The van der Waals surface area contributed by atoms with Crippen molar-refractivity contribution in [2.24, 2.45) is 0 Å². The van der Waals surface area contributed by atoms with Gasteiger partial charge in [0, 0.05) is 17.8 Å². The first kappa shape index (κ1) is 13.5. The van der Waals surface area contributed by atoms with Gasteiger partial charge in [-0.15, -0.1) is 0 Å². The van der Waals surface area contributed by atoms with Crippen LogP contribution in [0.5, 0.6) is 0 Å². The topological polar surface area (TPSA) is 34.9 Å². The summed E-state index contributed by atoms with van der Waals surface area (Å²) in [6.45, 7) is 8.32. The van der Waals surface area contributed by atoms with Crippen molar-refractivity contribution in [3.05, 3.63) is 41.1 Å². The fraction of sp³-hybridized carbons (Fsp3) is 0.375. The van der Waals surface area contributed by atoms with Crippen LogP contribution in [-0.4, -0.2) is 16.1 Å². The van der Waals surface area contributed by atoms with Crippen LogP contribution in [-0.2, 0) is 0 Å². The highest BCUT2D eigenvalue weighted by Gasteiger charge is 2.14. The van der Waals surface area contributed by atoms with E-state index in [0.29, 0.717) is 11.6 Å². The van der Waals surface area contributed by atoms with Gasteiger partial charge >= 0.3 is 0 Å². The standard InChI is InChI=1S/C16H20N2O/c1-5-13(4)18-9-14(10-19)16(17-18)15-8-11(2)6-7-12(15)3/h6-10,13H,5H2,1-4H3. The van der Waals surface area contributed by atoms with E-state index in [2.05, 4.69) is 44.1 Å². The minimum Gasteiger partial charge on any atom is -0.298 e. The maximum atomic E-state index is 11.3. The molecule has 0 radical (unpaired) electrons. The van der Waals surface area contributed by atoms with Gasteiger partial charge in [-0.1, -0.05) is 24.6 Å². The van der Waals surface area contributed by atoms with E-state index in [1.54, 1.807) is 0 Å². The Kier molecular flexibility index (Phi) is 3.84. The molecular weight excluding hydrogens is 236 g/mol. The van der Waals surface area contributed by atoms with Gasteiger partial charge in [-0.2, -0.15) is 5.10 Å². The van der Waals surface area contributed by atoms with E-state index >= 15 is 0 Å². The minimum absolute atomic E-state index is 0.303. The van der Waals surface area contributed by atoms with Crippen molar-refractivity contribution >= 4 is 6.29 Å². The van der Waals surface area contributed by atoms with Crippen LogP contribution < -0.4 is 0 Å². The molecule has 0 spiro atoms. The zero-order chi connectivity index (χ0) is 14.0. The lowest BCUT2D eigenvalue weighted by Gasteiger charge is -2.08. The minimum atomic E-state index is 0.303. The SMILES string of the molecule is CCC(C)n1cc(C=O)c(-c2cc(C)ccc2C)n1. The lowest BCUT2D eigenvalue weighted by Crippen LogP contribution is -2.04. The van der Waals surface area contributed by atoms with E-state index in [0.717, 1.165) is 29.5 Å². The summed E-state index contributed by atoms with van der Waals surface area (Å²) in [6.07, 6.45) is 3.73. The number of nitrogens with zero attached hydrogens (tertiary/aromatic N) is 2. The summed E-state index contributed by atoms with van der Waals surface area (Å²) in [5.74, 6) is 0. The molecule has 0 saturated heterocycles. The third-order valence-corrected chi connectivity index (χ3v) is 3.58. The van der Waals surface area contributed by atoms with E-state index in [-0.39, 0.29) is 0 Å². The van der Waals surface area contributed by atoms with E-state index < -0.39 is 0 Å². The molecule has 2 aromatic rings. The molecule has 19 heavy (non-hydrogen) atoms. The van der Waals surface area contributed by atoms with Gasteiger partial charge < -0.3 is 0 Å². The molecule has 0 saturated carbocycles. The van der Waals surface area contributed by atoms with E-state index in [9.17, 15) is 4.79 Å². The van der Waals surface area contributed by atoms with Crippen LogP contribution in [0, 0.1) is 13.8 Å². The van der Waals surface area contributed by atoms with Crippen molar-refractivity contribution in [3.63, 3.8) is 0 Å². The highest BCUT2D eigenvalue weighted by molar-refractivity contribution is 5.86. The zero-order valence-electron chi connectivity index (χ0n) is 12.0. The number of hydrogen-bond donors (Lipinski definition) is 0. The van der Waals surface area contributed by atoms with Crippen molar-refractivity contribution in [1.82, 2.24) is 9.78 Å². The number of carbonyl (C=O) groups excluding carboxylic acids is 1. The molecule has 100 valence electrons. The van der Waals surface area contributed by atoms with Gasteiger partial charge in [0.05, 0.1) is 5.56 Å². The summed E-state index contributed by atoms with van der Waals surface area (Å²) in [5.41, 5.74) is 4.81. The Morgan fingerprint density at radius 3 is 2.74 bits per heavy atom. The lowest BCUT2D eigenvalue weighted by molar-refractivity contribution is 0.112. The maximum absolute atomic E-state index is 11.3. The van der Waals surface area contributed by atoms with Crippen molar-refractivity contribution in [2.45, 2.75) is 40.2 Å². The fourth-order valence-corrected chi connectivity index (χ4v) is 2.11. The lowest BCUT2D eigenvalue weighted by atomic mass is 10.0. The average Bonchev–Trinajstić information content (AvgIpc) is 2.84. The number of carbonyl (C=O) groups is 1. The fourth-order valence-electron chi connectivity index (χ4n) is 2.11. The second-order valence-electron chi connectivity index (χ2n) is 5.11. The number of aryl methyl sites for hydroxylation is 2. The largest absolute Gasteiger partial charge is 0.298 e. The van der Waals surface area contributed by atoms with E-state index in [1.165, 1.54) is 5.56 Å². The number of aromatic nitrogens is 2. The summed E-state index contributed by atoms with van der Waals surface area (Å²) in [6, 6.07) is 6.54. The Balaban J connectivity index is 2.57. The summed E-state index contributed by atoms with van der Waals surface area (Å²) in [7, 11) is 0. The van der Waals surface area contributed by atoms with Crippen molar-refractivity contribution in [2.75, 3.05) is 0 Å². The van der Waals surface area contributed by atoms with Crippen LogP contribution >= 0.6 is 0 Å². The molecule has 2 rings (SSSR count). The maximum Gasteiger partial charge on any atom is 0.153 e. The van der Waals surface area contributed by atoms with Gasteiger partial charge in [-0.25, -0.2) is 0 Å². The second-order valence-corrected chi connectivity index (χ2v) is 5.11.